The van der Waals surface area contributed by atoms with Crippen LogP contribution in [0.3, 0.4) is 0 Å². The quantitative estimate of drug-likeness (QED) is 0.239. The van der Waals surface area contributed by atoms with Gasteiger partial charge >= 0.3 is 0 Å². The second kappa shape index (κ2) is 6.67. The molecule has 0 aliphatic carbocycles. The van der Waals surface area contributed by atoms with Crippen molar-refractivity contribution in [1.29, 1.82) is 0 Å². The fourth-order valence-electron chi connectivity index (χ4n) is 5.08. The van der Waals surface area contributed by atoms with Gasteiger partial charge in [-0.15, -0.1) is 0 Å². The third-order valence-electron chi connectivity index (χ3n) is 6.72. The van der Waals surface area contributed by atoms with Gasteiger partial charge in [0.2, 0.25) is 0 Å². The molecule has 0 aliphatic rings. The summed E-state index contributed by atoms with van der Waals surface area (Å²) in [7, 11) is 0. The Morgan fingerprint density at radius 3 is 1.41 bits per heavy atom. The molecule has 0 unspecified atom stereocenters. The van der Waals surface area contributed by atoms with Crippen LogP contribution in [0.2, 0.25) is 0 Å². The van der Waals surface area contributed by atoms with Gasteiger partial charge in [0.15, 0.2) is 0 Å². The van der Waals surface area contributed by atoms with Crippen molar-refractivity contribution in [2.45, 2.75) is 0 Å². The third kappa shape index (κ3) is 2.70. The van der Waals surface area contributed by atoms with E-state index in [2.05, 4.69) is 121 Å². The topological polar surface area (TPSA) is 0 Å². The van der Waals surface area contributed by atoms with Crippen LogP contribution >= 0.6 is 0 Å². The highest BCUT2D eigenvalue weighted by Crippen LogP contribution is 2.35. The lowest BCUT2D eigenvalue weighted by Crippen LogP contribution is -1.84. The third-order valence-corrected chi connectivity index (χ3v) is 6.72. The molecule has 0 radical (unpaired) electrons. The highest BCUT2D eigenvalue weighted by molar-refractivity contribution is 6.08. The molecule has 0 heterocycles. The van der Waals surface area contributed by atoms with Crippen molar-refractivity contribution < 1.29 is 0 Å². The summed E-state index contributed by atoms with van der Waals surface area (Å²) in [5.41, 5.74) is 2.55. The van der Waals surface area contributed by atoms with E-state index in [-0.39, 0.29) is 0 Å². The summed E-state index contributed by atoms with van der Waals surface area (Å²) in [6.07, 6.45) is 0. The zero-order valence-electron chi connectivity index (χ0n) is 17.5. The molecule has 148 valence electrons. The summed E-state index contributed by atoms with van der Waals surface area (Å²) < 4.78 is 0. The number of hydrogen-bond donors (Lipinski definition) is 0. The maximum Gasteiger partial charge on any atom is -0.00990 e. The Kier molecular flexibility index (Phi) is 3.65. The van der Waals surface area contributed by atoms with Crippen LogP contribution in [0.4, 0.5) is 0 Å². The van der Waals surface area contributed by atoms with Crippen molar-refractivity contribution in [2.75, 3.05) is 0 Å². The molecule has 7 aromatic carbocycles. The Bertz CT molecular complexity index is 1820. The van der Waals surface area contributed by atoms with E-state index in [1.165, 1.54) is 65.0 Å². The van der Waals surface area contributed by atoms with E-state index in [1.54, 1.807) is 0 Å². The van der Waals surface area contributed by atoms with Gasteiger partial charge in [0.1, 0.15) is 0 Å². The summed E-state index contributed by atoms with van der Waals surface area (Å²) in [5, 5.41) is 12.9. The first kappa shape index (κ1) is 17.5. The first-order valence-electron chi connectivity index (χ1n) is 11.1. The van der Waals surface area contributed by atoms with Gasteiger partial charge in [-0.25, -0.2) is 0 Å². The highest BCUT2D eigenvalue weighted by atomic mass is 14.1. The van der Waals surface area contributed by atoms with Crippen molar-refractivity contribution >= 4 is 53.9 Å². The fourth-order valence-corrected chi connectivity index (χ4v) is 5.08. The normalized spacial score (nSPS) is 11.8. The summed E-state index contributed by atoms with van der Waals surface area (Å²) in [4.78, 5) is 0. The molecule has 0 bridgehead atoms. The predicted octanol–water partition coefficient (Wildman–Crippen LogP) is 9.12. The SMILES string of the molecule is c1ccc2cc3cc4cc(-c5cccc6cc7ccccc7cc56)ccc4cc3cc2c1. The molecule has 0 spiro atoms. The molecule has 7 rings (SSSR count). The van der Waals surface area contributed by atoms with Crippen molar-refractivity contribution in [1.82, 2.24) is 0 Å². The van der Waals surface area contributed by atoms with Crippen LogP contribution in [-0.4, -0.2) is 0 Å². The lowest BCUT2D eigenvalue weighted by molar-refractivity contribution is 1.70. The van der Waals surface area contributed by atoms with Crippen LogP contribution in [0.5, 0.6) is 0 Å². The predicted molar refractivity (Wildman–Crippen MR) is 139 cm³/mol. The van der Waals surface area contributed by atoms with E-state index in [0.717, 1.165) is 0 Å². The van der Waals surface area contributed by atoms with Gasteiger partial charge in [-0.3, -0.25) is 0 Å². The number of hydrogen-bond acceptors (Lipinski definition) is 0. The van der Waals surface area contributed by atoms with Crippen molar-refractivity contribution in [3.63, 3.8) is 0 Å². The number of benzene rings is 7. The lowest BCUT2D eigenvalue weighted by atomic mass is 9.93. The Morgan fingerprint density at radius 2 is 0.750 bits per heavy atom. The lowest BCUT2D eigenvalue weighted by Gasteiger charge is -2.11. The van der Waals surface area contributed by atoms with Crippen LogP contribution in [0.1, 0.15) is 0 Å². The monoisotopic (exact) mass is 404 g/mol. The van der Waals surface area contributed by atoms with Crippen LogP contribution < -0.4 is 0 Å². The minimum atomic E-state index is 1.26. The molecule has 0 atom stereocenters. The summed E-state index contributed by atoms with van der Waals surface area (Å²) in [5.74, 6) is 0. The van der Waals surface area contributed by atoms with E-state index >= 15 is 0 Å². The Morgan fingerprint density at radius 1 is 0.281 bits per heavy atom. The smallest absolute Gasteiger partial charge is 0.00990 e. The molecule has 0 amide bonds. The van der Waals surface area contributed by atoms with Gasteiger partial charge in [-0.1, -0.05) is 78.9 Å². The average Bonchev–Trinajstić information content (AvgIpc) is 2.84. The van der Waals surface area contributed by atoms with Crippen molar-refractivity contribution in [3.05, 3.63) is 121 Å². The van der Waals surface area contributed by atoms with E-state index < -0.39 is 0 Å². The first-order chi connectivity index (χ1) is 15.8. The molecule has 0 N–H and O–H groups in total. The molecular formula is C32H20. The van der Waals surface area contributed by atoms with Crippen molar-refractivity contribution in [3.8, 4) is 11.1 Å². The van der Waals surface area contributed by atoms with Gasteiger partial charge in [0.25, 0.3) is 0 Å². The molecule has 0 fully saturated rings. The zero-order valence-corrected chi connectivity index (χ0v) is 17.5. The minimum Gasteiger partial charge on any atom is -0.0616 e. The Balaban J connectivity index is 1.46. The molecular weight excluding hydrogens is 384 g/mol. The Hall–Kier alpha value is -4.16. The molecule has 7 aromatic rings. The standard InChI is InChI=1S/C32H20/c1-2-8-23-16-30-19-28-18-27(13-12-25(28)17-29(30)15-22(23)7-1)31-11-5-10-26-14-21-6-3-4-9-24(21)20-32(26)31/h1-20H. The maximum absolute atomic E-state index is 2.34. The van der Waals surface area contributed by atoms with Crippen LogP contribution in [0.15, 0.2) is 121 Å². The fraction of sp³-hybridized carbons (Fsp3) is 0. The first-order valence-corrected chi connectivity index (χ1v) is 11.1. The van der Waals surface area contributed by atoms with Crippen LogP contribution in [0.25, 0.3) is 65.0 Å². The molecule has 0 saturated carbocycles. The minimum absolute atomic E-state index is 1.26. The molecule has 0 saturated heterocycles. The zero-order chi connectivity index (χ0) is 21.1. The van der Waals surface area contributed by atoms with E-state index in [9.17, 15) is 0 Å². The summed E-state index contributed by atoms with van der Waals surface area (Å²) >= 11 is 0. The Labute approximate surface area is 186 Å². The largest absolute Gasteiger partial charge is 0.0616 e. The van der Waals surface area contributed by atoms with E-state index in [0.29, 0.717) is 0 Å². The van der Waals surface area contributed by atoms with E-state index in [4.69, 9.17) is 0 Å². The van der Waals surface area contributed by atoms with Gasteiger partial charge in [0.05, 0.1) is 0 Å². The van der Waals surface area contributed by atoms with Gasteiger partial charge in [-0.2, -0.15) is 0 Å². The second-order valence-electron chi connectivity index (χ2n) is 8.69. The van der Waals surface area contributed by atoms with Gasteiger partial charge in [0, 0.05) is 0 Å². The number of fused-ring (bicyclic) bond motifs is 5. The second-order valence-corrected chi connectivity index (χ2v) is 8.69. The van der Waals surface area contributed by atoms with Crippen LogP contribution in [0, 0.1) is 0 Å². The molecule has 0 aliphatic heterocycles. The average molecular weight is 405 g/mol. The van der Waals surface area contributed by atoms with Crippen LogP contribution in [-0.2, 0) is 0 Å². The summed E-state index contributed by atoms with van der Waals surface area (Å²) in [6, 6.07) is 44.6. The number of rotatable bonds is 1. The maximum atomic E-state index is 2.34. The van der Waals surface area contributed by atoms with Gasteiger partial charge in [-0.05, 0) is 107 Å². The molecule has 32 heavy (non-hydrogen) atoms. The highest BCUT2D eigenvalue weighted by Gasteiger charge is 2.08. The molecule has 0 heteroatoms. The molecule has 0 aromatic heterocycles. The van der Waals surface area contributed by atoms with E-state index in [1.807, 2.05) is 0 Å². The van der Waals surface area contributed by atoms with Crippen molar-refractivity contribution in [2.24, 2.45) is 0 Å². The molecule has 0 nitrogen and oxygen atoms in total. The summed E-state index contributed by atoms with van der Waals surface area (Å²) in [6.45, 7) is 0. The van der Waals surface area contributed by atoms with Gasteiger partial charge < -0.3 is 0 Å².